The third-order valence-corrected chi connectivity index (χ3v) is 13.5. The molecule has 0 heterocycles. The number of nitrogens with zero attached hydrogens (tertiary/aromatic N) is 1. The van der Waals surface area contributed by atoms with E-state index in [0.29, 0.717) is 17.4 Å². The minimum absolute atomic E-state index is 0.00245. The highest BCUT2D eigenvalue weighted by atomic mass is 31.2. The minimum atomic E-state index is -4.59. The molecule has 0 bridgehead atoms. The number of nitrogens with one attached hydrogen (secondary N) is 1. The molecule has 8 nitrogen and oxygen atoms in total. The van der Waals surface area contributed by atoms with E-state index in [4.69, 9.17) is 9.05 Å². The van der Waals surface area contributed by atoms with Crippen molar-refractivity contribution in [2.45, 2.75) is 283 Å². The summed E-state index contributed by atoms with van der Waals surface area (Å²) >= 11 is 0. The van der Waals surface area contributed by atoms with Crippen molar-refractivity contribution in [3.8, 4) is 0 Å². The maximum Gasteiger partial charge on any atom is 0.268 e. The molecule has 3 atom stereocenters. The first-order valence-electron chi connectivity index (χ1n) is 27.1. The zero-order chi connectivity index (χ0) is 45.7. The van der Waals surface area contributed by atoms with Crippen LogP contribution in [0.25, 0.3) is 0 Å². The van der Waals surface area contributed by atoms with Gasteiger partial charge in [0.2, 0.25) is 5.91 Å². The predicted molar refractivity (Wildman–Crippen MR) is 266 cm³/mol. The van der Waals surface area contributed by atoms with Gasteiger partial charge in [0.05, 0.1) is 39.9 Å². The molecule has 3 unspecified atom stereocenters. The Labute approximate surface area is 386 Å². The van der Waals surface area contributed by atoms with Gasteiger partial charge < -0.3 is 28.8 Å². The van der Waals surface area contributed by atoms with Gasteiger partial charge in [-0.2, -0.15) is 0 Å². The lowest BCUT2D eigenvalue weighted by Crippen LogP contribution is -2.45. The zero-order valence-electron chi connectivity index (χ0n) is 42.1. The SMILES string of the molecule is CCCCCCCCCCCCCCCCCCCCCCCCCC/C=C/C(O)C(COP(=O)([O-])OCC[N+](C)(C)C)NC(=O)CCCCCCCCCCCCCCCC. The number of carbonyl (C=O) groups is 1. The van der Waals surface area contributed by atoms with Gasteiger partial charge in [0.1, 0.15) is 13.2 Å². The summed E-state index contributed by atoms with van der Waals surface area (Å²) in [5.74, 6) is -0.193. The van der Waals surface area contributed by atoms with Gasteiger partial charge in [-0.3, -0.25) is 9.36 Å². The van der Waals surface area contributed by atoms with Crippen molar-refractivity contribution in [1.82, 2.24) is 5.32 Å². The molecule has 0 fully saturated rings. The van der Waals surface area contributed by atoms with E-state index in [1.807, 2.05) is 27.2 Å². The summed E-state index contributed by atoms with van der Waals surface area (Å²) in [7, 11) is 1.28. The minimum Gasteiger partial charge on any atom is -0.756 e. The molecule has 0 aliphatic rings. The van der Waals surface area contributed by atoms with Crippen LogP contribution in [-0.4, -0.2) is 68.5 Å². The van der Waals surface area contributed by atoms with Gasteiger partial charge in [0.25, 0.3) is 7.82 Å². The van der Waals surface area contributed by atoms with Crippen LogP contribution in [0.15, 0.2) is 12.2 Å². The van der Waals surface area contributed by atoms with E-state index in [1.165, 1.54) is 212 Å². The van der Waals surface area contributed by atoms with E-state index in [9.17, 15) is 19.4 Å². The van der Waals surface area contributed by atoms with Gasteiger partial charge in [-0.1, -0.05) is 257 Å². The van der Waals surface area contributed by atoms with E-state index in [-0.39, 0.29) is 19.1 Å². The molecule has 0 saturated heterocycles. The second-order valence-electron chi connectivity index (χ2n) is 19.9. The van der Waals surface area contributed by atoms with Crippen LogP contribution in [0.3, 0.4) is 0 Å². The number of unbranched alkanes of at least 4 members (excludes halogenated alkanes) is 37. The summed E-state index contributed by atoms with van der Waals surface area (Å²) in [5, 5.41) is 13.9. The third kappa shape index (κ3) is 47.2. The van der Waals surface area contributed by atoms with Crippen molar-refractivity contribution < 1.29 is 32.9 Å². The highest BCUT2D eigenvalue weighted by Crippen LogP contribution is 2.38. The van der Waals surface area contributed by atoms with Crippen LogP contribution < -0.4 is 10.2 Å². The molecule has 2 N–H and O–H groups in total. The Kier molecular flexibility index (Phi) is 44.8. The Morgan fingerprint density at radius 3 is 1.21 bits per heavy atom. The van der Waals surface area contributed by atoms with Crippen LogP contribution in [0.2, 0.25) is 0 Å². The molecule has 0 aliphatic heterocycles. The topological polar surface area (TPSA) is 108 Å². The number of hydrogen-bond donors (Lipinski definition) is 2. The molecular formula is C53H107N2O6P. The summed E-state index contributed by atoms with van der Waals surface area (Å²) in [6, 6.07) is -0.881. The van der Waals surface area contributed by atoms with Crippen molar-refractivity contribution in [3.05, 3.63) is 12.2 Å². The normalized spacial score (nSPS) is 14.1. The molecule has 370 valence electrons. The second kappa shape index (κ2) is 45.4. The number of phosphoric ester groups is 1. The molecule has 0 aromatic heterocycles. The number of allylic oxidation sites excluding steroid dienone is 1. The molecule has 9 heteroatoms. The highest BCUT2D eigenvalue weighted by Gasteiger charge is 2.23. The Bertz CT molecular complexity index is 1020. The third-order valence-electron chi connectivity index (χ3n) is 12.5. The van der Waals surface area contributed by atoms with Crippen LogP contribution in [0, 0.1) is 0 Å². The Hall–Kier alpha value is -0.760. The summed E-state index contributed by atoms with van der Waals surface area (Å²) in [6.07, 6.45) is 54.2. The number of phosphoric acid groups is 1. The maximum absolute atomic E-state index is 12.9. The number of amides is 1. The van der Waals surface area contributed by atoms with E-state index < -0.39 is 20.0 Å². The van der Waals surface area contributed by atoms with Crippen LogP contribution >= 0.6 is 7.82 Å². The number of likely N-dealkylation sites (N-methyl/N-ethyl adjacent to an activating group) is 1. The standard InChI is InChI=1S/C53H107N2O6P/c1-6-8-10-12-14-16-18-20-22-23-24-25-26-27-28-29-30-31-32-33-34-36-38-40-42-44-46-52(56)51(50-61-62(58,59)60-49-48-55(3,4)5)54-53(57)47-45-43-41-39-37-35-21-19-17-15-13-11-9-7-2/h44,46,51-52,56H,6-43,45,47-50H2,1-5H3,(H-,54,57,58,59)/b46-44+. The summed E-state index contributed by atoms with van der Waals surface area (Å²) in [5.41, 5.74) is 0. The molecule has 62 heavy (non-hydrogen) atoms. The lowest BCUT2D eigenvalue weighted by atomic mass is 10.0. The average molecular weight is 899 g/mol. The zero-order valence-corrected chi connectivity index (χ0v) is 43.0. The molecule has 0 radical (unpaired) electrons. The summed E-state index contributed by atoms with van der Waals surface area (Å²) in [4.78, 5) is 25.4. The first kappa shape index (κ1) is 61.2. The van der Waals surface area contributed by atoms with Gasteiger partial charge in [-0.15, -0.1) is 0 Å². The van der Waals surface area contributed by atoms with Crippen molar-refractivity contribution in [2.24, 2.45) is 0 Å². The number of rotatable bonds is 50. The van der Waals surface area contributed by atoms with Crippen LogP contribution in [-0.2, 0) is 18.4 Å². The lowest BCUT2D eigenvalue weighted by Gasteiger charge is -2.29. The van der Waals surface area contributed by atoms with Crippen LogP contribution in [0.1, 0.15) is 271 Å². The smallest absolute Gasteiger partial charge is 0.268 e. The van der Waals surface area contributed by atoms with Crippen molar-refractivity contribution in [3.63, 3.8) is 0 Å². The number of hydrogen-bond acceptors (Lipinski definition) is 6. The first-order valence-corrected chi connectivity index (χ1v) is 28.5. The number of aliphatic hydroxyl groups excluding tert-OH is 1. The van der Waals surface area contributed by atoms with Gasteiger partial charge >= 0.3 is 0 Å². The van der Waals surface area contributed by atoms with Crippen LogP contribution in [0.4, 0.5) is 0 Å². The van der Waals surface area contributed by atoms with Gasteiger partial charge in [-0.25, -0.2) is 0 Å². The number of aliphatic hydroxyl groups is 1. The molecule has 0 rings (SSSR count). The fourth-order valence-electron chi connectivity index (χ4n) is 8.21. The van der Waals surface area contributed by atoms with Gasteiger partial charge in [0, 0.05) is 6.42 Å². The van der Waals surface area contributed by atoms with E-state index >= 15 is 0 Å². The lowest BCUT2D eigenvalue weighted by molar-refractivity contribution is -0.870. The quantitative estimate of drug-likeness (QED) is 0.0272. The maximum atomic E-state index is 12.9. The van der Waals surface area contributed by atoms with E-state index in [1.54, 1.807) is 6.08 Å². The Morgan fingerprint density at radius 2 is 0.871 bits per heavy atom. The molecule has 0 spiro atoms. The van der Waals surface area contributed by atoms with E-state index in [0.717, 1.165) is 38.5 Å². The molecule has 1 amide bonds. The van der Waals surface area contributed by atoms with E-state index in [2.05, 4.69) is 19.2 Å². The molecule has 0 aliphatic carbocycles. The molecule has 0 saturated carbocycles. The Balaban J connectivity index is 4.17. The fraction of sp³-hybridized carbons (Fsp3) is 0.943. The summed E-state index contributed by atoms with van der Waals surface area (Å²) in [6.45, 7) is 4.68. The predicted octanol–water partition coefficient (Wildman–Crippen LogP) is 15.2. The van der Waals surface area contributed by atoms with Gasteiger partial charge in [-0.05, 0) is 19.3 Å². The average Bonchev–Trinajstić information content (AvgIpc) is 3.23. The number of carbonyl (C=O) groups excluding carboxylic acids is 1. The fourth-order valence-corrected chi connectivity index (χ4v) is 8.94. The summed E-state index contributed by atoms with van der Waals surface area (Å²) < 4.78 is 23.3. The molecular weight excluding hydrogens is 792 g/mol. The molecule has 0 aromatic carbocycles. The van der Waals surface area contributed by atoms with Gasteiger partial charge in [0.15, 0.2) is 0 Å². The largest absolute Gasteiger partial charge is 0.756 e. The van der Waals surface area contributed by atoms with Crippen molar-refractivity contribution in [1.29, 1.82) is 0 Å². The monoisotopic (exact) mass is 899 g/mol. The van der Waals surface area contributed by atoms with Crippen molar-refractivity contribution >= 4 is 13.7 Å². The van der Waals surface area contributed by atoms with Crippen LogP contribution in [0.5, 0.6) is 0 Å². The molecule has 0 aromatic rings. The second-order valence-corrected chi connectivity index (χ2v) is 21.4. The highest BCUT2D eigenvalue weighted by molar-refractivity contribution is 7.45. The number of quaternary nitrogens is 1. The van der Waals surface area contributed by atoms with Crippen molar-refractivity contribution in [2.75, 3.05) is 40.9 Å². The first-order chi connectivity index (χ1) is 30.0. The Morgan fingerprint density at radius 1 is 0.548 bits per heavy atom.